The molecule has 0 aliphatic carbocycles. The molecular weight excluding hydrogens is 230 g/mol. The lowest BCUT2D eigenvalue weighted by atomic mass is 9.84. The molecule has 1 rings (SSSR count). The molecule has 0 amide bonds. The number of carbonyl (C=O) groups excluding carboxylic acids is 1. The normalized spacial score (nSPS) is 13.8. The zero-order valence-corrected chi connectivity index (χ0v) is 12.4. The number of hydrogen-bond acceptors (Lipinski definition) is 3. The Bertz CT molecular complexity index is 385. The molecule has 0 saturated heterocycles. The van der Waals surface area contributed by atoms with Gasteiger partial charge in [-0.2, -0.15) is 0 Å². The molecule has 0 bridgehead atoms. The van der Waals surface area contributed by atoms with E-state index in [-0.39, 0.29) is 11.5 Å². The van der Waals surface area contributed by atoms with E-state index < -0.39 is 9.04 Å². The molecule has 94 valence electrons. The van der Waals surface area contributed by atoms with Crippen LogP contribution >= 0.6 is 0 Å². The molecule has 0 spiro atoms. The van der Waals surface area contributed by atoms with Gasteiger partial charge in [-0.15, -0.1) is 0 Å². The summed E-state index contributed by atoms with van der Waals surface area (Å²) in [4.78, 5) is 15.1. The number of aldehydes is 1. The van der Waals surface area contributed by atoms with Crippen LogP contribution < -0.4 is 0 Å². The van der Waals surface area contributed by atoms with Crippen molar-refractivity contribution in [3.05, 3.63) is 29.6 Å². The van der Waals surface area contributed by atoms with Crippen LogP contribution in [0.4, 0.5) is 0 Å². The van der Waals surface area contributed by atoms with E-state index in [1.165, 1.54) is 0 Å². The number of carbonyl (C=O) groups is 1. The van der Waals surface area contributed by atoms with Crippen molar-refractivity contribution in [1.29, 1.82) is 0 Å². The molecule has 0 aliphatic rings. The second-order valence-electron chi connectivity index (χ2n) is 5.53. The fourth-order valence-electron chi connectivity index (χ4n) is 1.77. The van der Waals surface area contributed by atoms with E-state index in [0.29, 0.717) is 5.69 Å². The van der Waals surface area contributed by atoms with Crippen LogP contribution in [0, 0.1) is 5.41 Å². The highest BCUT2D eigenvalue weighted by Crippen LogP contribution is 2.37. The minimum Gasteiger partial charge on any atom is -0.413 e. The summed E-state index contributed by atoms with van der Waals surface area (Å²) in [7, 11) is -1.17. The van der Waals surface area contributed by atoms with Gasteiger partial charge in [0.25, 0.3) is 0 Å². The molecule has 4 heteroatoms. The Labute approximate surface area is 105 Å². The predicted octanol–water partition coefficient (Wildman–Crippen LogP) is 2.98. The number of pyridine rings is 1. The Morgan fingerprint density at radius 1 is 1.41 bits per heavy atom. The highest BCUT2D eigenvalue weighted by atomic mass is 28.3. The topological polar surface area (TPSA) is 39.2 Å². The van der Waals surface area contributed by atoms with Gasteiger partial charge in [-0.05, 0) is 24.6 Å². The first kappa shape index (κ1) is 14.1. The monoisotopic (exact) mass is 251 g/mol. The summed E-state index contributed by atoms with van der Waals surface area (Å²) in [5, 5.41) is 0. The summed E-state index contributed by atoms with van der Waals surface area (Å²) in [5.74, 6) is 0. The molecule has 1 aromatic heterocycles. The molecule has 0 aliphatic heterocycles. The van der Waals surface area contributed by atoms with Crippen molar-refractivity contribution < 1.29 is 9.22 Å². The molecule has 0 aromatic carbocycles. The predicted molar refractivity (Wildman–Crippen MR) is 71.8 cm³/mol. The Hall–Kier alpha value is -1.00. The first-order valence-electron chi connectivity index (χ1n) is 5.91. The third kappa shape index (κ3) is 3.75. The summed E-state index contributed by atoms with van der Waals surface area (Å²) >= 11 is 0. The van der Waals surface area contributed by atoms with Crippen molar-refractivity contribution in [2.75, 3.05) is 0 Å². The van der Waals surface area contributed by atoms with Crippen LogP contribution in [0.1, 0.15) is 42.9 Å². The summed E-state index contributed by atoms with van der Waals surface area (Å²) in [6.07, 6.45) is 2.38. The highest BCUT2D eigenvalue weighted by molar-refractivity contribution is 6.48. The fourth-order valence-corrected chi connectivity index (χ4v) is 2.87. The molecule has 0 saturated carbocycles. The van der Waals surface area contributed by atoms with Crippen LogP contribution in [-0.4, -0.2) is 20.3 Å². The molecule has 1 atom stereocenters. The number of rotatable bonds is 4. The maximum Gasteiger partial charge on any atom is 0.171 e. The smallest absolute Gasteiger partial charge is 0.171 e. The first-order chi connectivity index (χ1) is 7.86. The van der Waals surface area contributed by atoms with Gasteiger partial charge in [0.2, 0.25) is 0 Å². The van der Waals surface area contributed by atoms with E-state index in [4.69, 9.17) is 4.43 Å². The molecule has 0 radical (unpaired) electrons. The fraction of sp³-hybridized carbons (Fsp3) is 0.538. The standard InChI is InChI=1S/C13H21NO2Si/c1-13(2,3)12(16-17(4)5)10-7-6-8-14-11(10)9-15/h6-9,12,17H,1-5H3. The zero-order valence-electron chi connectivity index (χ0n) is 11.2. The maximum atomic E-state index is 11.0. The van der Waals surface area contributed by atoms with Crippen molar-refractivity contribution in [1.82, 2.24) is 4.98 Å². The van der Waals surface area contributed by atoms with Gasteiger partial charge >= 0.3 is 0 Å². The van der Waals surface area contributed by atoms with E-state index in [1.807, 2.05) is 12.1 Å². The lowest BCUT2D eigenvalue weighted by Gasteiger charge is -2.33. The molecular formula is C13H21NO2Si. The lowest BCUT2D eigenvalue weighted by Crippen LogP contribution is -2.27. The van der Waals surface area contributed by atoms with Crippen LogP contribution in [0.25, 0.3) is 0 Å². The van der Waals surface area contributed by atoms with Gasteiger partial charge in [0.1, 0.15) is 5.69 Å². The second-order valence-corrected chi connectivity index (χ2v) is 7.90. The average Bonchev–Trinajstić information content (AvgIpc) is 2.24. The van der Waals surface area contributed by atoms with Crippen molar-refractivity contribution >= 4 is 15.3 Å². The van der Waals surface area contributed by atoms with Crippen LogP contribution in [0.3, 0.4) is 0 Å². The molecule has 1 aromatic rings. The zero-order chi connectivity index (χ0) is 13.1. The molecule has 3 nitrogen and oxygen atoms in total. The SMILES string of the molecule is C[SiH](C)OC(c1cccnc1C=O)C(C)(C)C. The summed E-state index contributed by atoms with van der Waals surface area (Å²) < 4.78 is 6.08. The van der Waals surface area contributed by atoms with Gasteiger partial charge in [0, 0.05) is 11.8 Å². The van der Waals surface area contributed by atoms with Crippen molar-refractivity contribution in [3.63, 3.8) is 0 Å². The number of aromatic nitrogens is 1. The summed E-state index contributed by atoms with van der Waals surface area (Å²) in [6.45, 7) is 10.6. The average molecular weight is 251 g/mol. The minimum absolute atomic E-state index is 0.0436. The van der Waals surface area contributed by atoms with Crippen LogP contribution in [0.2, 0.25) is 13.1 Å². The number of nitrogens with zero attached hydrogens (tertiary/aromatic N) is 1. The second kappa shape index (κ2) is 5.56. The van der Waals surface area contributed by atoms with E-state index in [1.54, 1.807) is 6.20 Å². The van der Waals surface area contributed by atoms with Crippen LogP contribution in [0.5, 0.6) is 0 Å². The van der Waals surface area contributed by atoms with Crippen molar-refractivity contribution in [3.8, 4) is 0 Å². The van der Waals surface area contributed by atoms with Crippen LogP contribution in [-0.2, 0) is 4.43 Å². The molecule has 0 N–H and O–H groups in total. The van der Waals surface area contributed by atoms with E-state index in [2.05, 4.69) is 38.8 Å². The molecule has 0 fully saturated rings. The van der Waals surface area contributed by atoms with Crippen molar-refractivity contribution in [2.24, 2.45) is 5.41 Å². The van der Waals surface area contributed by atoms with Gasteiger partial charge < -0.3 is 4.43 Å². The van der Waals surface area contributed by atoms with Gasteiger partial charge in [-0.1, -0.05) is 26.8 Å². The summed E-state index contributed by atoms with van der Waals surface area (Å²) in [6, 6.07) is 3.79. The lowest BCUT2D eigenvalue weighted by molar-refractivity contribution is 0.0844. The Balaban J connectivity index is 3.17. The highest BCUT2D eigenvalue weighted by Gasteiger charge is 2.29. The molecule has 1 heterocycles. The maximum absolute atomic E-state index is 11.0. The molecule has 17 heavy (non-hydrogen) atoms. The molecule has 1 unspecified atom stereocenters. The van der Waals surface area contributed by atoms with E-state index in [0.717, 1.165) is 11.8 Å². The van der Waals surface area contributed by atoms with Gasteiger partial charge in [-0.25, -0.2) is 0 Å². The first-order valence-corrected chi connectivity index (χ1v) is 8.70. The Morgan fingerprint density at radius 2 is 2.06 bits per heavy atom. The van der Waals surface area contributed by atoms with Crippen LogP contribution in [0.15, 0.2) is 18.3 Å². The van der Waals surface area contributed by atoms with Gasteiger partial charge in [0.15, 0.2) is 15.3 Å². The Morgan fingerprint density at radius 3 is 2.53 bits per heavy atom. The quantitative estimate of drug-likeness (QED) is 0.610. The minimum atomic E-state index is -1.17. The van der Waals surface area contributed by atoms with E-state index in [9.17, 15) is 4.79 Å². The third-order valence-electron chi connectivity index (χ3n) is 2.46. The van der Waals surface area contributed by atoms with Crippen molar-refractivity contribution in [2.45, 2.75) is 40.0 Å². The largest absolute Gasteiger partial charge is 0.413 e. The van der Waals surface area contributed by atoms with Gasteiger partial charge in [0.05, 0.1) is 6.10 Å². The Kier molecular flexibility index (Phi) is 4.59. The third-order valence-corrected chi connectivity index (χ3v) is 3.28. The van der Waals surface area contributed by atoms with Gasteiger partial charge in [-0.3, -0.25) is 9.78 Å². The summed E-state index contributed by atoms with van der Waals surface area (Å²) in [5.41, 5.74) is 1.34. The number of hydrogen-bond donors (Lipinski definition) is 0. The van der Waals surface area contributed by atoms with E-state index >= 15 is 0 Å².